The molecule has 38 heavy (non-hydrogen) atoms. The Hall–Kier alpha value is -4.30. The van der Waals surface area contributed by atoms with E-state index in [9.17, 15) is 0 Å². The highest BCUT2D eigenvalue weighted by Crippen LogP contribution is 2.38. The monoisotopic (exact) mass is 505 g/mol. The van der Waals surface area contributed by atoms with Crippen LogP contribution < -0.4 is 15.4 Å². The highest BCUT2D eigenvalue weighted by atomic mass is 16.5. The first-order chi connectivity index (χ1) is 18.7. The Kier molecular flexibility index (Phi) is 6.71. The third kappa shape index (κ3) is 4.82. The molecule has 0 spiro atoms. The van der Waals surface area contributed by atoms with Gasteiger partial charge in [0.1, 0.15) is 5.75 Å². The van der Waals surface area contributed by atoms with Crippen molar-refractivity contribution in [3.63, 3.8) is 0 Å². The van der Waals surface area contributed by atoms with Crippen molar-refractivity contribution in [1.29, 1.82) is 0 Å². The molecule has 8 nitrogen and oxygen atoms in total. The molecule has 6 rings (SSSR count). The highest BCUT2D eigenvalue weighted by Gasteiger charge is 2.18. The van der Waals surface area contributed by atoms with Crippen molar-refractivity contribution in [1.82, 2.24) is 30.0 Å². The average Bonchev–Trinajstić information content (AvgIpc) is 3.44. The molecule has 0 radical (unpaired) electrons. The molecule has 0 aliphatic carbocycles. The first-order valence-electron chi connectivity index (χ1n) is 13.2. The smallest absolute Gasteiger partial charge is 0.228 e. The summed E-state index contributed by atoms with van der Waals surface area (Å²) in [4.78, 5) is 13.9. The Morgan fingerprint density at radius 1 is 1.05 bits per heavy atom. The van der Waals surface area contributed by atoms with Gasteiger partial charge in [-0.3, -0.25) is 0 Å². The third-order valence-electron chi connectivity index (χ3n) is 7.01. The zero-order chi connectivity index (χ0) is 25.9. The van der Waals surface area contributed by atoms with E-state index in [0.717, 1.165) is 71.4 Å². The standard InChI is InChI=1S/C30H31N7O/c1-3-21-17-34-37(19-21)27-10-4-8-24-23(27)12-11-20(2)28(24)38-29-25(9-6-15-32-29)26-13-16-33-30(36-26)35-22-7-5-14-31-18-22/h4,6,8-13,15-17,19,22,31H,3,5,7,14,18H2,1-2H3,(H,33,35,36). The van der Waals surface area contributed by atoms with Gasteiger partial charge in [0.15, 0.2) is 0 Å². The van der Waals surface area contributed by atoms with Crippen LogP contribution in [0, 0.1) is 6.92 Å². The molecule has 1 aliphatic heterocycles. The molecule has 1 unspecified atom stereocenters. The molecule has 192 valence electrons. The topological polar surface area (TPSA) is 89.8 Å². The zero-order valence-corrected chi connectivity index (χ0v) is 21.7. The molecule has 5 aromatic rings. The van der Waals surface area contributed by atoms with Crippen molar-refractivity contribution in [2.45, 2.75) is 39.2 Å². The van der Waals surface area contributed by atoms with Crippen LogP contribution in [-0.4, -0.2) is 43.9 Å². The van der Waals surface area contributed by atoms with Crippen molar-refractivity contribution < 1.29 is 4.74 Å². The van der Waals surface area contributed by atoms with Gasteiger partial charge in [0.2, 0.25) is 11.8 Å². The number of piperidine rings is 1. The predicted molar refractivity (Wildman–Crippen MR) is 150 cm³/mol. The van der Waals surface area contributed by atoms with Crippen LogP contribution in [0.1, 0.15) is 30.9 Å². The van der Waals surface area contributed by atoms with E-state index in [4.69, 9.17) is 9.72 Å². The number of rotatable bonds is 7. The number of benzene rings is 2. The Morgan fingerprint density at radius 3 is 2.84 bits per heavy atom. The van der Waals surface area contributed by atoms with Crippen LogP contribution in [0.4, 0.5) is 5.95 Å². The molecule has 1 saturated heterocycles. The van der Waals surface area contributed by atoms with Gasteiger partial charge in [-0.05, 0) is 68.1 Å². The summed E-state index contributed by atoms with van der Waals surface area (Å²) >= 11 is 0. The van der Waals surface area contributed by atoms with Gasteiger partial charge in [-0.2, -0.15) is 5.10 Å². The van der Waals surface area contributed by atoms with Crippen LogP contribution in [0.3, 0.4) is 0 Å². The molecule has 1 aliphatic rings. The lowest BCUT2D eigenvalue weighted by atomic mass is 10.0. The maximum Gasteiger partial charge on any atom is 0.228 e. The third-order valence-corrected chi connectivity index (χ3v) is 7.01. The molecule has 4 heterocycles. The fourth-order valence-corrected chi connectivity index (χ4v) is 4.93. The average molecular weight is 506 g/mol. The molecular formula is C30H31N7O. The minimum absolute atomic E-state index is 0.319. The largest absolute Gasteiger partial charge is 0.437 e. The summed E-state index contributed by atoms with van der Waals surface area (Å²) in [5.41, 5.74) is 4.80. The summed E-state index contributed by atoms with van der Waals surface area (Å²) in [5.74, 6) is 1.89. The van der Waals surface area contributed by atoms with Crippen LogP contribution in [0.15, 0.2) is 73.3 Å². The molecule has 2 N–H and O–H groups in total. The summed E-state index contributed by atoms with van der Waals surface area (Å²) in [6, 6.07) is 16.5. The number of nitrogens with zero attached hydrogens (tertiary/aromatic N) is 5. The van der Waals surface area contributed by atoms with Crippen LogP contribution in [0.25, 0.3) is 27.7 Å². The minimum Gasteiger partial charge on any atom is -0.437 e. The van der Waals surface area contributed by atoms with Gasteiger partial charge in [-0.25, -0.2) is 19.6 Å². The number of fused-ring (bicyclic) bond motifs is 1. The fourth-order valence-electron chi connectivity index (χ4n) is 4.93. The highest BCUT2D eigenvalue weighted by molar-refractivity contribution is 5.95. The van der Waals surface area contributed by atoms with E-state index < -0.39 is 0 Å². The molecule has 8 heteroatoms. The number of anilines is 1. The van der Waals surface area contributed by atoms with E-state index in [0.29, 0.717) is 17.9 Å². The summed E-state index contributed by atoms with van der Waals surface area (Å²) in [6.07, 6.45) is 10.7. The summed E-state index contributed by atoms with van der Waals surface area (Å²) in [5, 5.41) is 13.5. The number of pyridine rings is 1. The van der Waals surface area contributed by atoms with E-state index in [1.165, 1.54) is 5.56 Å². The van der Waals surface area contributed by atoms with Gasteiger partial charge in [0, 0.05) is 41.9 Å². The number of hydrogen-bond donors (Lipinski definition) is 2. The van der Waals surface area contributed by atoms with Crippen molar-refractivity contribution in [2.24, 2.45) is 0 Å². The number of aryl methyl sites for hydroxylation is 2. The second kappa shape index (κ2) is 10.6. The van der Waals surface area contributed by atoms with Gasteiger partial charge < -0.3 is 15.4 Å². The van der Waals surface area contributed by atoms with Crippen molar-refractivity contribution in [2.75, 3.05) is 18.4 Å². The van der Waals surface area contributed by atoms with Gasteiger partial charge in [0.25, 0.3) is 0 Å². The molecule has 2 aromatic carbocycles. The zero-order valence-electron chi connectivity index (χ0n) is 21.7. The SMILES string of the molecule is CCc1cnn(-c2cccc3c(Oc4ncccc4-c4ccnc(NC5CCCNC5)n4)c(C)ccc23)c1. The molecule has 3 aromatic heterocycles. The Bertz CT molecular complexity index is 1570. The Morgan fingerprint density at radius 2 is 2.00 bits per heavy atom. The molecule has 1 fully saturated rings. The first kappa shape index (κ1) is 24.1. The van der Waals surface area contributed by atoms with Gasteiger partial charge in [0.05, 0.1) is 23.1 Å². The Balaban J connectivity index is 1.36. The van der Waals surface area contributed by atoms with E-state index in [1.807, 2.05) is 35.1 Å². The van der Waals surface area contributed by atoms with Crippen LogP contribution in [0.5, 0.6) is 11.6 Å². The van der Waals surface area contributed by atoms with E-state index in [2.05, 4.69) is 70.0 Å². The fraction of sp³-hybridized carbons (Fsp3) is 0.267. The van der Waals surface area contributed by atoms with Gasteiger partial charge in [-0.1, -0.05) is 31.2 Å². The molecule has 0 bridgehead atoms. The summed E-state index contributed by atoms with van der Waals surface area (Å²) in [6.45, 7) is 6.16. The normalized spacial score (nSPS) is 15.5. The summed E-state index contributed by atoms with van der Waals surface area (Å²) in [7, 11) is 0. The van der Waals surface area contributed by atoms with Crippen LogP contribution in [0.2, 0.25) is 0 Å². The number of hydrogen-bond acceptors (Lipinski definition) is 7. The Labute approximate surface area is 222 Å². The van der Waals surface area contributed by atoms with Crippen LogP contribution >= 0.6 is 0 Å². The van der Waals surface area contributed by atoms with E-state index in [1.54, 1.807) is 12.4 Å². The molecule has 0 saturated carbocycles. The predicted octanol–water partition coefficient (Wildman–Crippen LogP) is 5.70. The van der Waals surface area contributed by atoms with Crippen molar-refractivity contribution >= 4 is 16.7 Å². The second-order valence-corrected chi connectivity index (χ2v) is 9.64. The van der Waals surface area contributed by atoms with Crippen molar-refractivity contribution in [3.8, 4) is 28.6 Å². The number of ether oxygens (including phenoxy) is 1. The lowest BCUT2D eigenvalue weighted by Gasteiger charge is -2.23. The quantitative estimate of drug-likeness (QED) is 0.293. The summed E-state index contributed by atoms with van der Waals surface area (Å²) < 4.78 is 8.52. The number of aromatic nitrogens is 5. The first-order valence-corrected chi connectivity index (χ1v) is 13.2. The van der Waals surface area contributed by atoms with E-state index >= 15 is 0 Å². The van der Waals surface area contributed by atoms with Gasteiger partial charge in [-0.15, -0.1) is 0 Å². The van der Waals surface area contributed by atoms with Crippen LogP contribution in [-0.2, 0) is 6.42 Å². The molecule has 1 atom stereocenters. The van der Waals surface area contributed by atoms with Crippen molar-refractivity contribution in [3.05, 3.63) is 84.4 Å². The second-order valence-electron chi connectivity index (χ2n) is 9.64. The maximum atomic E-state index is 6.58. The van der Waals surface area contributed by atoms with Gasteiger partial charge >= 0.3 is 0 Å². The maximum absolute atomic E-state index is 6.58. The lowest BCUT2D eigenvalue weighted by molar-refractivity contribution is 0.466. The van der Waals surface area contributed by atoms with E-state index in [-0.39, 0.29) is 0 Å². The minimum atomic E-state index is 0.319. The number of nitrogens with one attached hydrogen (secondary N) is 2. The lowest BCUT2D eigenvalue weighted by Crippen LogP contribution is -2.38. The molecular weight excluding hydrogens is 474 g/mol. The molecule has 0 amide bonds.